The molecule has 1 atom stereocenters. The van der Waals surface area contributed by atoms with Gasteiger partial charge in [-0.15, -0.1) is 11.8 Å². The minimum Gasteiger partial charge on any atom is -0.492 e. The van der Waals surface area contributed by atoms with E-state index in [1.807, 2.05) is 36.0 Å². The van der Waals surface area contributed by atoms with Crippen LogP contribution in [0.25, 0.3) is 0 Å². The van der Waals surface area contributed by atoms with Gasteiger partial charge in [-0.25, -0.2) is 0 Å². The normalized spacial score (nSPS) is 17.9. The molecule has 0 saturated heterocycles. The topological polar surface area (TPSA) is 9.23 Å². The van der Waals surface area contributed by atoms with Crippen LogP contribution in [-0.4, -0.2) is 11.9 Å². The van der Waals surface area contributed by atoms with Crippen LogP contribution in [0.3, 0.4) is 0 Å². The lowest BCUT2D eigenvalue weighted by molar-refractivity contribution is 0.294. The van der Waals surface area contributed by atoms with E-state index >= 15 is 0 Å². The van der Waals surface area contributed by atoms with E-state index in [4.69, 9.17) is 16.3 Å². The molecular formula is C15H13ClOS. The number of hydrogen-bond donors (Lipinski definition) is 0. The van der Waals surface area contributed by atoms with Gasteiger partial charge >= 0.3 is 0 Å². The fourth-order valence-electron chi connectivity index (χ4n) is 2.10. The van der Waals surface area contributed by atoms with Gasteiger partial charge in [0.25, 0.3) is 0 Å². The Morgan fingerprint density at radius 3 is 2.78 bits per heavy atom. The number of hydrogen-bond acceptors (Lipinski definition) is 2. The lowest BCUT2D eigenvalue weighted by Crippen LogP contribution is -2.22. The summed E-state index contributed by atoms with van der Waals surface area (Å²) in [6.45, 7) is 0.758. The lowest BCUT2D eigenvalue weighted by Gasteiger charge is -2.25. The Hall–Kier alpha value is -1.12. The Kier molecular flexibility index (Phi) is 3.48. The van der Waals surface area contributed by atoms with Gasteiger partial charge in [0.05, 0.1) is 0 Å². The van der Waals surface area contributed by atoms with E-state index in [-0.39, 0.29) is 0 Å². The van der Waals surface area contributed by atoms with Gasteiger partial charge in [-0.1, -0.05) is 29.8 Å². The Labute approximate surface area is 116 Å². The third kappa shape index (κ3) is 2.65. The van der Waals surface area contributed by atoms with Gasteiger partial charge in [0.2, 0.25) is 0 Å². The molecule has 0 amide bonds. The highest BCUT2D eigenvalue weighted by atomic mass is 35.5. The minimum atomic E-state index is 0.457. The molecule has 0 radical (unpaired) electrons. The molecule has 0 N–H and O–H groups in total. The summed E-state index contributed by atoms with van der Waals surface area (Å²) in [4.78, 5) is 1.29. The van der Waals surface area contributed by atoms with Crippen LogP contribution in [0.2, 0.25) is 5.02 Å². The molecule has 1 aliphatic rings. The zero-order chi connectivity index (χ0) is 12.4. The predicted molar refractivity (Wildman–Crippen MR) is 76.7 cm³/mol. The third-order valence-electron chi connectivity index (χ3n) is 2.94. The number of halogens is 1. The Bertz CT molecular complexity index is 541. The van der Waals surface area contributed by atoms with Crippen LogP contribution < -0.4 is 4.74 Å². The highest BCUT2D eigenvalue weighted by molar-refractivity contribution is 8.00. The number of fused-ring (bicyclic) bond motifs is 1. The maximum absolute atomic E-state index is 6.02. The Morgan fingerprint density at radius 2 is 1.94 bits per heavy atom. The number of ether oxygens (including phenoxy) is 1. The molecule has 2 aromatic rings. The zero-order valence-electron chi connectivity index (χ0n) is 9.80. The summed E-state index contributed by atoms with van der Waals surface area (Å²) >= 11 is 7.89. The van der Waals surface area contributed by atoms with Gasteiger partial charge in [-0.2, -0.15) is 0 Å². The maximum Gasteiger partial charge on any atom is 0.122 e. The first kappa shape index (κ1) is 11.9. The Morgan fingerprint density at radius 1 is 1.11 bits per heavy atom. The van der Waals surface area contributed by atoms with Gasteiger partial charge in [0.1, 0.15) is 12.4 Å². The minimum absolute atomic E-state index is 0.457. The fourth-order valence-corrected chi connectivity index (χ4v) is 3.40. The number of rotatable bonds is 2. The van der Waals surface area contributed by atoms with Crippen molar-refractivity contribution in [2.24, 2.45) is 0 Å². The van der Waals surface area contributed by atoms with Crippen molar-refractivity contribution in [2.45, 2.75) is 16.6 Å². The molecule has 1 aliphatic heterocycles. The summed E-state index contributed by atoms with van der Waals surface area (Å²) in [5.74, 6) is 0.976. The second kappa shape index (κ2) is 5.25. The molecule has 0 bridgehead atoms. The van der Waals surface area contributed by atoms with Crippen LogP contribution in [0.5, 0.6) is 5.75 Å². The molecule has 92 valence electrons. The first-order chi connectivity index (χ1) is 8.81. The summed E-state index contributed by atoms with van der Waals surface area (Å²) in [6.07, 6.45) is 1.01. The van der Waals surface area contributed by atoms with E-state index in [0.717, 1.165) is 23.8 Å². The molecule has 1 heterocycles. The summed E-state index contributed by atoms with van der Waals surface area (Å²) < 4.78 is 5.78. The van der Waals surface area contributed by atoms with E-state index in [9.17, 15) is 0 Å². The molecule has 18 heavy (non-hydrogen) atoms. The Balaban J connectivity index is 1.75. The highest BCUT2D eigenvalue weighted by Gasteiger charge is 2.20. The van der Waals surface area contributed by atoms with Crippen LogP contribution in [0, 0.1) is 0 Å². The first-order valence-electron chi connectivity index (χ1n) is 5.94. The second-order valence-corrected chi connectivity index (χ2v) is 6.13. The van der Waals surface area contributed by atoms with Crippen LogP contribution in [-0.2, 0) is 6.42 Å². The molecule has 3 rings (SSSR count). The number of thioether (sulfide) groups is 1. The smallest absolute Gasteiger partial charge is 0.122 e. The van der Waals surface area contributed by atoms with Gasteiger partial charge in [-0.05, 0) is 42.3 Å². The fraction of sp³-hybridized carbons (Fsp3) is 0.200. The zero-order valence-corrected chi connectivity index (χ0v) is 11.4. The molecule has 0 aliphatic carbocycles. The van der Waals surface area contributed by atoms with Crippen molar-refractivity contribution in [1.82, 2.24) is 0 Å². The monoisotopic (exact) mass is 276 g/mol. The molecule has 0 saturated carbocycles. The van der Waals surface area contributed by atoms with E-state index in [1.54, 1.807) is 0 Å². The quantitative estimate of drug-likeness (QED) is 0.802. The van der Waals surface area contributed by atoms with E-state index in [2.05, 4.69) is 24.3 Å². The van der Waals surface area contributed by atoms with Crippen molar-refractivity contribution < 1.29 is 4.74 Å². The molecule has 1 nitrogen and oxygen atoms in total. The molecule has 2 aromatic carbocycles. The van der Waals surface area contributed by atoms with Crippen molar-refractivity contribution in [3.63, 3.8) is 0 Å². The average molecular weight is 277 g/mol. The van der Waals surface area contributed by atoms with Crippen molar-refractivity contribution >= 4 is 23.4 Å². The van der Waals surface area contributed by atoms with Crippen LogP contribution >= 0.6 is 23.4 Å². The SMILES string of the molecule is Clc1ccc2c(c1)CC(Sc1ccccc1)CO2. The summed E-state index contributed by atoms with van der Waals surface area (Å²) in [7, 11) is 0. The van der Waals surface area contributed by atoms with Crippen molar-refractivity contribution in [3.05, 3.63) is 59.1 Å². The summed E-state index contributed by atoms with van der Waals surface area (Å²) in [5, 5.41) is 1.24. The van der Waals surface area contributed by atoms with Crippen LogP contribution in [0.15, 0.2) is 53.4 Å². The third-order valence-corrected chi connectivity index (χ3v) is 4.36. The van der Waals surface area contributed by atoms with Gasteiger partial charge in [0.15, 0.2) is 0 Å². The van der Waals surface area contributed by atoms with E-state index in [0.29, 0.717) is 5.25 Å². The maximum atomic E-state index is 6.02. The second-order valence-electron chi connectivity index (χ2n) is 4.32. The van der Waals surface area contributed by atoms with Gasteiger partial charge in [0, 0.05) is 15.2 Å². The summed E-state index contributed by atoms with van der Waals surface area (Å²) in [5.41, 5.74) is 1.21. The van der Waals surface area contributed by atoms with Crippen molar-refractivity contribution in [3.8, 4) is 5.75 Å². The molecule has 0 spiro atoms. The van der Waals surface area contributed by atoms with Gasteiger partial charge < -0.3 is 4.74 Å². The van der Waals surface area contributed by atoms with Gasteiger partial charge in [-0.3, -0.25) is 0 Å². The average Bonchev–Trinajstić information content (AvgIpc) is 2.39. The molecular weight excluding hydrogens is 264 g/mol. The predicted octanol–water partition coefficient (Wildman–Crippen LogP) is 4.44. The lowest BCUT2D eigenvalue weighted by atomic mass is 10.1. The standard InChI is InChI=1S/C15H13ClOS/c16-12-6-7-15-11(8-12)9-14(10-17-15)18-13-4-2-1-3-5-13/h1-8,14H,9-10H2. The molecule has 0 aromatic heterocycles. The van der Waals surface area contributed by atoms with Crippen LogP contribution in [0.4, 0.5) is 0 Å². The summed E-state index contributed by atoms with van der Waals surface area (Å²) in [6, 6.07) is 16.3. The molecule has 0 fully saturated rings. The van der Waals surface area contributed by atoms with Crippen molar-refractivity contribution in [1.29, 1.82) is 0 Å². The molecule has 3 heteroatoms. The highest BCUT2D eigenvalue weighted by Crippen LogP contribution is 2.34. The van der Waals surface area contributed by atoms with E-state index in [1.165, 1.54) is 10.5 Å². The van der Waals surface area contributed by atoms with Crippen molar-refractivity contribution in [2.75, 3.05) is 6.61 Å². The largest absolute Gasteiger partial charge is 0.492 e. The number of benzene rings is 2. The van der Waals surface area contributed by atoms with E-state index < -0.39 is 0 Å². The van der Waals surface area contributed by atoms with Crippen LogP contribution in [0.1, 0.15) is 5.56 Å². The first-order valence-corrected chi connectivity index (χ1v) is 7.20. The molecule has 1 unspecified atom stereocenters.